The maximum Gasteiger partial charge on any atom is 0.196 e. The molecule has 0 saturated carbocycles. The van der Waals surface area contributed by atoms with Gasteiger partial charge in [0.1, 0.15) is 5.82 Å². The maximum atomic E-state index is 13.1. The Morgan fingerprint density at radius 2 is 1.87 bits per heavy atom. The van der Waals surface area contributed by atoms with Gasteiger partial charge in [-0.1, -0.05) is 0 Å². The highest BCUT2D eigenvalue weighted by Crippen LogP contribution is 2.18. The standard InChI is InChI=1S/C9H8F3N3/c10-5-3-7(12)8(4-6(5)11)15-9-13-1-2-14-9/h3-4H,1-2H2,(H2,13,14,15). The molecular weight excluding hydrogens is 207 g/mol. The molecule has 0 aromatic heterocycles. The highest BCUT2D eigenvalue weighted by molar-refractivity contribution is 5.94. The summed E-state index contributed by atoms with van der Waals surface area (Å²) in [5.41, 5.74) is -0.137. The molecule has 0 spiro atoms. The van der Waals surface area contributed by atoms with Gasteiger partial charge in [-0.15, -0.1) is 0 Å². The van der Waals surface area contributed by atoms with Gasteiger partial charge in [0.15, 0.2) is 17.6 Å². The Bertz CT molecular complexity index is 417. The molecule has 1 aliphatic rings. The van der Waals surface area contributed by atoms with E-state index in [1.165, 1.54) is 0 Å². The molecule has 1 aliphatic heterocycles. The number of aliphatic imine (C=N–C) groups is 1. The van der Waals surface area contributed by atoms with Crippen molar-refractivity contribution in [1.82, 2.24) is 5.32 Å². The lowest BCUT2D eigenvalue weighted by Crippen LogP contribution is -2.26. The first-order chi connectivity index (χ1) is 7.16. The van der Waals surface area contributed by atoms with E-state index in [0.717, 1.165) is 6.07 Å². The number of nitrogens with one attached hydrogen (secondary N) is 2. The highest BCUT2D eigenvalue weighted by atomic mass is 19.2. The fraction of sp³-hybridized carbons (Fsp3) is 0.222. The average molecular weight is 215 g/mol. The molecule has 0 unspecified atom stereocenters. The summed E-state index contributed by atoms with van der Waals surface area (Å²) >= 11 is 0. The largest absolute Gasteiger partial charge is 0.354 e. The zero-order valence-electron chi connectivity index (χ0n) is 7.65. The molecule has 0 aliphatic carbocycles. The van der Waals surface area contributed by atoms with Crippen LogP contribution in [0.25, 0.3) is 0 Å². The van der Waals surface area contributed by atoms with E-state index in [-0.39, 0.29) is 5.69 Å². The van der Waals surface area contributed by atoms with Gasteiger partial charge < -0.3 is 10.6 Å². The molecule has 0 fully saturated rings. The fourth-order valence-electron chi connectivity index (χ4n) is 1.23. The van der Waals surface area contributed by atoms with Crippen LogP contribution in [-0.4, -0.2) is 19.0 Å². The van der Waals surface area contributed by atoms with Crippen LogP contribution in [0.5, 0.6) is 0 Å². The van der Waals surface area contributed by atoms with Gasteiger partial charge in [0.2, 0.25) is 0 Å². The lowest BCUT2D eigenvalue weighted by molar-refractivity contribution is 0.496. The first-order valence-corrected chi connectivity index (χ1v) is 4.37. The predicted molar refractivity (Wildman–Crippen MR) is 50.2 cm³/mol. The summed E-state index contributed by atoms with van der Waals surface area (Å²) in [4.78, 5) is 3.94. The van der Waals surface area contributed by atoms with Crippen molar-refractivity contribution in [2.45, 2.75) is 0 Å². The van der Waals surface area contributed by atoms with Crippen molar-refractivity contribution in [2.24, 2.45) is 4.99 Å². The van der Waals surface area contributed by atoms with Gasteiger partial charge >= 0.3 is 0 Å². The Kier molecular flexibility index (Phi) is 2.49. The van der Waals surface area contributed by atoms with Gasteiger partial charge in [-0.05, 0) is 0 Å². The molecule has 0 atom stereocenters. The third-order valence-electron chi connectivity index (χ3n) is 1.94. The van der Waals surface area contributed by atoms with Crippen LogP contribution in [0.2, 0.25) is 0 Å². The van der Waals surface area contributed by atoms with Crippen LogP contribution in [0.4, 0.5) is 18.9 Å². The van der Waals surface area contributed by atoms with E-state index in [4.69, 9.17) is 0 Å². The number of benzene rings is 1. The van der Waals surface area contributed by atoms with Gasteiger partial charge in [0, 0.05) is 18.7 Å². The van der Waals surface area contributed by atoms with E-state index >= 15 is 0 Å². The average Bonchev–Trinajstić information content (AvgIpc) is 2.67. The van der Waals surface area contributed by atoms with Crippen molar-refractivity contribution >= 4 is 11.6 Å². The van der Waals surface area contributed by atoms with Crippen LogP contribution >= 0.6 is 0 Å². The number of rotatable bonds is 1. The van der Waals surface area contributed by atoms with Crippen molar-refractivity contribution in [2.75, 3.05) is 18.4 Å². The summed E-state index contributed by atoms with van der Waals surface area (Å²) in [6.45, 7) is 1.22. The highest BCUT2D eigenvalue weighted by Gasteiger charge is 2.12. The molecule has 80 valence electrons. The molecule has 0 radical (unpaired) electrons. The first kappa shape index (κ1) is 9.82. The van der Waals surface area contributed by atoms with Crippen LogP contribution < -0.4 is 10.6 Å². The molecule has 1 aromatic carbocycles. The van der Waals surface area contributed by atoms with E-state index in [2.05, 4.69) is 15.6 Å². The number of hydrogen-bond donors (Lipinski definition) is 2. The van der Waals surface area contributed by atoms with E-state index in [1.54, 1.807) is 0 Å². The van der Waals surface area contributed by atoms with Gasteiger partial charge in [-0.3, -0.25) is 4.99 Å². The minimum absolute atomic E-state index is 0.137. The van der Waals surface area contributed by atoms with E-state index in [1.807, 2.05) is 0 Å². The molecule has 2 N–H and O–H groups in total. The lowest BCUT2D eigenvalue weighted by atomic mass is 10.3. The number of guanidine groups is 1. The Labute approximate surface area is 84.0 Å². The van der Waals surface area contributed by atoms with Crippen LogP contribution in [0.15, 0.2) is 17.1 Å². The van der Waals surface area contributed by atoms with Gasteiger partial charge in [0.25, 0.3) is 0 Å². The second-order valence-corrected chi connectivity index (χ2v) is 3.03. The summed E-state index contributed by atoms with van der Waals surface area (Å²) in [7, 11) is 0. The fourth-order valence-corrected chi connectivity index (χ4v) is 1.23. The third kappa shape index (κ3) is 2.03. The van der Waals surface area contributed by atoms with Crippen LogP contribution in [0, 0.1) is 17.5 Å². The summed E-state index contributed by atoms with van der Waals surface area (Å²) in [5, 5.41) is 5.36. The molecule has 3 nitrogen and oxygen atoms in total. The van der Waals surface area contributed by atoms with E-state index in [0.29, 0.717) is 25.1 Å². The van der Waals surface area contributed by atoms with Crippen LogP contribution in [-0.2, 0) is 0 Å². The monoisotopic (exact) mass is 215 g/mol. The molecule has 2 rings (SSSR count). The Balaban J connectivity index is 2.24. The van der Waals surface area contributed by atoms with Crippen LogP contribution in [0.1, 0.15) is 0 Å². The molecule has 15 heavy (non-hydrogen) atoms. The van der Waals surface area contributed by atoms with Crippen molar-refractivity contribution in [3.8, 4) is 0 Å². The smallest absolute Gasteiger partial charge is 0.196 e. The zero-order valence-corrected chi connectivity index (χ0v) is 7.65. The Morgan fingerprint density at radius 3 is 2.53 bits per heavy atom. The summed E-state index contributed by atoms with van der Waals surface area (Å²) in [6.07, 6.45) is 0. The number of nitrogens with zero attached hydrogens (tertiary/aromatic N) is 1. The van der Waals surface area contributed by atoms with Gasteiger partial charge in [-0.25, -0.2) is 13.2 Å². The SMILES string of the molecule is Fc1cc(F)c(NC2=NCCN2)cc1F. The number of anilines is 1. The minimum Gasteiger partial charge on any atom is -0.354 e. The Hall–Kier alpha value is -1.72. The summed E-state index contributed by atoms with van der Waals surface area (Å²) in [6, 6.07) is 1.25. The number of halogens is 3. The van der Waals surface area contributed by atoms with E-state index in [9.17, 15) is 13.2 Å². The zero-order chi connectivity index (χ0) is 10.8. The minimum atomic E-state index is -1.21. The lowest BCUT2D eigenvalue weighted by Gasteiger charge is -2.07. The maximum absolute atomic E-state index is 13.1. The quantitative estimate of drug-likeness (QED) is 0.696. The molecule has 1 aromatic rings. The third-order valence-corrected chi connectivity index (χ3v) is 1.94. The van der Waals surface area contributed by atoms with Gasteiger partial charge in [0.05, 0.1) is 12.2 Å². The first-order valence-electron chi connectivity index (χ1n) is 4.37. The van der Waals surface area contributed by atoms with E-state index < -0.39 is 17.5 Å². The normalized spacial score (nSPS) is 14.7. The molecule has 0 saturated heterocycles. The molecule has 1 heterocycles. The Morgan fingerprint density at radius 1 is 1.13 bits per heavy atom. The summed E-state index contributed by atoms with van der Waals surface area (Å²) in [5.74, 6) is -2.80. The topological polar surface area (TPSA) is 36.4 Å². The van der Waals surface area contributed by atoms with Crippen molar-refractivity contribution < 1.29 is 13.2 Å². The molecule has 0 amide bonds. The summed E-state index contributed by atoms with van der Waals surface area (Å²) < 4.78 is 38.5. The molecular formula is C9H8F3N3. The molecule has 6 heteroatoms. The molecule has 0 bridgehead atoms. The van der Waals surface area contributed by atoms with Crippen molar-refractivity contribution in [1.29, 1.82) is 0 Å². The number of hydrogen-bond acceptors (Lipinski definition) is 3. The van der Waals surface area contributed by atoms with Crippen LogP contribution in [0.3, 0.4) is 0 Å². The van der Waals surface area contributed by atoms with Crippen molar-refractivity contribution in [3.63, 3.8) is 0 Å². The second kappa shape index (κ2) is 3.80. The van der Waals surface area contributed by atoms with Gasteiger partial charge in [-0.2, -0.15) is 0 Å². The predicted octanol–water partition coefficient (Wildman–Crippen LogP) is 1.47. The van der Waals surface area contributed by atoms with Crippen molar-refractivity contribution in [3.05, 3.63) is 29.6 Å². The second-order valence-electron chi connectivity index (χ2n) is 3.03.